The zero-order valence-corrected chi connectivity index (χ0v) is 11.0. The summed E-state index contributed by atoms with van der Waals surface area (Å²) in [6, 6.07) is 4.94. The minimum Gasteiger partial charge on any atom is -0.768 e. The van der Waals surface area contributed by atoms with Crippen molar-refractivity contribution in [2.75, 3.05) is 0 Å². The van der Waals surface area contributed by atoms with Gasteiger partial charge in [-0.3, -0.25) is 4.21 Å². The molecule has 3 nitrogen and oxygen atoms in total. The van der Waals surface area contributed by atoms with Crippen LogP contribution in [-0.2, 0) is 17.5 Å². The van der Waals surface area contributed by atoms with E-state index < -0.39 is 11.1 Å². The summed E-state index contributed by atoms with van der Waals surface area (Å²) in [5.41, 5.74) is 0.981. The summed E-state index contributed by atoms with van der Waals surface area (Å²) < 4.78 is 26.7. The number of hydrogen-bond donors (Lipinski definition) is 0. The second-order valence-electron chi connectivity index (χ2n) is 3.14. The molecule has 1 aliphatic heterocycles. The minimum absolute atomic E-state index is 0. The Bertz CT molecular complexity index is 367. The van der Waals surface area contributed by atoms with Gasteiger partial charge in [0.15, 0.2) is 0 Å². The van der Waals surface area contributed by atoms with E-state index in [0.717, 1.165) is 17.7 Å². The predicted octanol–water partition coefficient (Wildman–Crippen LogP) is -1.75. The van der Waals surface area contributed by atoms with Crippen molar-refractivity contribution in [1.29, 1.82) is 0 Å². The van der Waals surface area contributed by atoms with Gasteiger partial charge in [0.1, 0.15) is 11.9 Å². The van der Waals surface area contributed by atoms with Crippen molar-refractivity contribution in [2.45, 2.75) is 24.3 Å². The summed E-state index contributed by atoms with van der Waals surface area (Å²) in [5.74, 6) is 0.807. The molecular formula is C9H9NaO3S. The molecule has 0 spiro atoms. The summed E-state index contributed by atoms with van der Waals surface area (Å²) in [4.78, 5) is 0.330. The van der Waals surface area contributed by atoms with E-state index in [1.165, 1.54) is 0 Å². The van der Waals surface area contributed by atoms with Gasteiger partial charge < -0.3 is 9.29 Å². The van der Waals surface area contributed by atoms with Gasteiger partial charge in [0, 0.05) is 11.3 Å². The van der Waals surface area contributed by atoms with Crippen LogP contribution < -0.4 is 34.3 Å². The molecule has 0 N–H and O–H groups in total. The largest absolute Gasteiger partial charge is 1.00 e. The third-order valence-corrected chi connectivity index (χ3v) is 2.70. The molecule has 14 heavy (non-hydrogen) atoms. The van der Waals surface area contributed by atoms with E-state index in [9.17, 15) is 8.76 Å². The summed E-state index contributed by atoms with van der Waals surface area (Å²) in [6.45, 7) is 1.97. The van der Waals surface area contributed by atoms with Crippen molar-refractivity contribution in [2.24, 2.45) is 0 Å². The smallest absolute Gasteiger partial charge is 0.768 e. The Morgan fingerprint density at radius 3 is 2.93 bits per heavy atom. The SMILES string of the molecule is CC1Cc2cc(S(=O)[O-])ccc2O1.[Na+]. The van der Waals surface area contributed by atoms with Crippen LogP contribution in [0.15, 0.2) is 23.1 Å². The molecule has 0 amide bonds. The Labute approximate surface area is 107 Å². The van der Waals surface area contributed by atoms with E-state index in [-0.39, 0.29) is 35.7 Å². The van der Waals surface area contributed by atoms with Crippen LogP contribution in [0, 0.1) is 0 Å². The molecule has 0 fully saturated rings. The monoisotopic (exact) mass is 220 g/mol. The Morgan fingerprint density at radius 2 is 2.29 bits per heavy atom. The van der Waals surface area contributed by atoms with Gasteiger partial charge in [0.05, 0.1) is 0 Å². The predicted molar refractivity (Wildman–Crippen MR) is 47.4 cm³/mol. The maximum atomic E-state index is 10.6. The molecule has 1 aromatic rings. The number of fused-ring (bicyclic) bond motifs is 1. The van der Waals surface area contributed by atoms with Gasteiger partial charge in [-0.2, -0.15) is 0 Å². The normalized spacial score (nSPS) is 20.6. The van der Waals surface area contributed by atoms with E-state index in [0.29, 0.717) is 4.90 Å². The topological polar surface area (TPSA) is 49.4 Å². The van der Waals surface area contributed by atoms with Gasteiger partial charge in [-0.15, -0.1) is 0 Å². The molecule has 2 rings (SSSR count). The maximum absolute atomic E-state index is 10.6. The fourth-order valence-electron chi connectivity index (χ4n) is 1.50. The van der Waals surface area contributed by atoms with Crippen LogP contribution in [0.25, 0.3) is 0 Å². The van der Waals surface area contributed by atoms with Gasteiger partial charge >= 0.3 is 29.6 Å². The Balaban J connectivity index is 0.000000980. The zero-order chi connectivity index (χ0) is 9.42. The fraction of sp³-hybridized carbons (Fsp3) is 0.333. The van der Waals surface area contributed by atoms with Crippen molar-refractivity contribution in [3.8, 4) is 5.75 Å². The molecule has 2 atom stereocenters. The summed E-state index contributed by atoms with van der Waals surface area (Å²) in [6.07, 6.45) is 0.950. The van der Waals surface area contributed by atoms with Crippen molar-refractivity contribution in [1.82, 2.24) is 0 Å². The van der Waals surface area contributed by atoms with Crippen LogP contribution in [0.2, 0.25) is 0 Å². The molecule has 0 saturated heterocycles. The summed E-state index contributed by atoms with van der Waals surface area (Å²) in [5, 5.41) is 0. The first-order chi connectivity index (χ1) is 6.16. The van der Waals surface area contributed by atoms with Crippen LogP contribution in [0.1, 0.15) is 12.5 Å². The molecule has 0 bridgehead atoms. The zero-order valence-electron chi connectivity index (χ0n) is 8.15. The Hall–Kier alpha value is 0.130. The van der Waals surface area contributed by atoms with Gasteiger partial charge in [0.25, 0.3) is 0 Å². The molecule has 0 aromatic heterocycles. The molecule has 1 aromatic carbocycles. The van der Waals surface area contributed by atoms with E-state index in [1.807, 2.05) is 6.92 Å². The van der Waals surface area contributed by atoms with Gasteiger partial charge in [-0.1, -0.05) is 0 Å². The van der Waals surface area contributed by atoms with E-state index in [4.69, 9.17) is 4.74 Å². The number of rotatable bonds is 1. The van der Waals surface area contributed by atoms with Gasteiger partial charge in [-0.25, -0.2) is 0 Å². The second kappa shape index (κ2) is 4.77. The average Bonchev–Trinajstić information content (AvgIpc) is 2.42. The number of ether oxygens (including phenoxy) is 1. The van der Waals surface area contributed by atoms with Crippen LogP contribution >= 0.6 is 0 Å². The summed E-state index contributed by atoms with van der Waals surface area (Å²) >= 11 is -2.14. The molecular weight excluding hydrogens is 211 g/mol. The van der Waals surface area contributed by atoms with Crippen LogP contribution in [0.4, 0.5) is 0 Å². The van der Waals surface area contributed by atoms with Crippen LogP contribution in [0.3, 0.4) is 0 Å². The first-order valence-corrected chi connectivity index (χ1v) is 5.13. The van der Waals surface area contributed by atoms with Crippen LogP contribution in [0.5, 0.6) is 5.75 Å². The minimum atomic E-state index is -2.14. The van der Waals surface area contributed by atoms with Crippen molar-refractivity contribution < 1.29 is 43.1 Å². The van der Waals surface area contributed by atoms with E-state index in [2.05, 4.69) is 0 Å². The number of benzene rings is 1. The fourth-order valence-corrected chi connectivity index (χ4v) is 1.92. The summed E-state index contributed by atoms with van der Waals surface area (Å²) in [7, 11) is 0. The number of hydrogen-bond acceptors (Lipinski definition) is 3. The Morgan fingerprint density at radius 1 is 1.57 bits per heavy atom. The molecule has 0 saturated carbocycles. The molecule has 1 aliphatic rings. The van der Waals surface area contributed by atoms with Crippen molar-refractivity contribution in [3.63, 3.8) is 0 Å². The first-order valence-electron chi connectivity index (χ1n) is 4.05. The van der Waals surface area contributed by atoms with E-state index in [1.54, 1.807) is 18.2 Å². The van der Waals surface area contributed by atoms with Crippen molar-refractivity contribution in [3.05, 3.63) is 23.8 Å². The molecule has 5 heteroatoms. The van der Waals surface area contributed by atoms with Gasteiger partial charge in [-0.05, 0) is 41.8 Å². The maximum Gasteiger partial charge on any atom is 1.00 e. The second-order valence-corrected chi connectivity index (χ2v) is 4.08. The van der Waals surface area contributed by atoms with Crippen molar-refractivity contribution >= 4 is 11.1 Å². The molecule has 0 radical (unpaired) electrons. The molecule has 2 unspecified atom stereocenters. The Kier molecular flexibility index (Phi) is 4.15. The third kappa shape index (κ3) is 2.38. The quantitative estimate of drug-likeness (QED) is 0.416. The average molecular weight is 220 g/mol. The first kappa shape index (κ1) is 12.2. The van der Waals surface area contributed by atoms with Crippen LogP contribution in [-0.4, -0.2) is 14.9 Å². The van der Waals surface area contributed by atoms with Gasteiger partial charge in [0.2, 0.25) is 0 Å². The standard InChI is InChI=1S/C9H10O3S.Na/c1-6-4-7-5-8(13(10)11)2-3-9(7)12-6;/h2-3,5-6H,4H2,1H3,(H,10,11);/q;+1/p-1. The molecule has 1 heterocycles. The molecule has 70 valence electrons. The molecule has 0 aliphatic carbocycles. The third-order valence-electron chi connectivity index (χ3n) is 2.06. The van der Waals surface area contributed by atoms with E-state index >= 15 is 0 Å².